The molecule has 1 aromatic carbocycles. The Morgan fingerprint density at radius 3 is 2.88 bits per heavy atom. The van der Waals surface area contributed by atoms with Gasteiger partial charge in [-0.25, -0.2) is 0 Å². The number of nitrogens with zero attached hydrogens (tertiary/aromatic N) is 1. The summed E-state index contributed by atoms with van der Waals surface area (Å²) >= 11 is 0. The highest BCUT2D eigenvalue weighted by atomic mass is 15.1. The highest BCUT2D eigenvalue weighted by molar-refractivity contribution is 5.59. The summed E-state index contributed by atoms with van der Waals surface area (Å²) in [5.41, 5.74) is 9.13. The van der Waals surface area contributed by atoms with E-state index in [1.165, 1.54) is 30.8 Å². The fourth-order valence-corrected chi connectivity index (χ4v) is 2.56. The molecule has 3 N–H and O–H groups in total. The third-order valence-corrected chi connectivity index (χ3v) is 3.71. The minimum atomic E-state index is 0.562. The maximum atomic E-state index is 5.84. The third-order valence-electron chi connectivity index (χ3n) is 3.71. The normalized spacial score (nSPS) is 25.8. The molecule has 0 bridgehead atoms. The van der Waals surface area contributed by atoms with Gasteiger partial charge in [0, 0.05) is 24.0 Å². The maximum absolute atomic E-state index is 5.84. The van der Waals surface area contributed by atoms with Crippen LogP contribution in [0.3, 0.4) is 0 Å². The van der Waals surface area contributed by atoms with E-state index in [1.54, 1.807) is 0 Å². The number of nitrogen functional groups attached to an aromatic ring is 1. The number of benzene rings is 1. The molecular formula is C14H23N3. The zero-order valence-electron chi connectivity index (χ0n) is 11.0. The minimum Gasteiger partial charge on any atom is -0.399 e. The van der Waals surface area contributed by atoms with E-state index in [-0.39, 0.29) is 0 Å². The van der Waals surface area contributed by atoms with Crippen molar-refractivity contribution in [3.05, 3.63) is 23.8 Å². The number of nitrogens with two attached hydrogens (primary N) is 1. The van der Waals surface area contributed by atoms with Gasteiger partial charge >= 0.3 is 0 Å². The van der Waals surface area contributed by atoms with Crippen LogP contribution in [0.4, 0.5) is 11.4 Å². The summed E-state index contributed by atoms with van der Waals surface area (Å²) in [7, 11) is 2.19. The van der Waals surface area contributed by atoms with Crippen molar-refractivity contribution in [1.82, 2.24) is 4.90 Å². The van der Waals surface area contributed by atoms with Gasteiger partial charge in [0.1, 0.15) is 0 Å². The van der Waals surface area contributed by atoms with Crippen LogP contribution < -0.4 is 11.1 Å². The lowest BCUT2D eigenvalue weighted by atomic mass is 9.93. The number of nitrogens with one attached hydrogen (secondary N) is 1. The van der Waals surface area contributed by atoms with Gasteiger partial charge < -0.3 is 16.0 Å². The lowest BCUT2D eigenvalue weighted by molar-refractivity contribution is 0.206. The molecule has 0 radical (unpaired) electrons. The van der Waals surface area contributed by atoms with Gasteiger partial charge in [-0.1, -0.05) is 13.0 Å². The molecular weight excluding hydrogens is 210 g/mol. The molecule has 1 heterocycles. The summed E-state index contributed by atoms with van der Waals surface area (Å²) in [5, 5.41) is 3.65. The molecule has 0 amide bonds. The van der Waals surface area contributed by atoms with E-state index in [0.29, 0.717) is 12.0 Å². The zero-order valence-corrected chi connectivity index (χ0v) is 11.0. The quantitative estimate of drug-likeness (QED) is 0.770. The van der Waals surface area contributed by atoms with Crippen LogP contribution in [0.25, 0.3) is 0 Å². The highest BCUT2D eigenvalue weighted by Gasteiger charge is 2.24. The Morgan fingerprint density at radius 2 is 2.18 bits per heavy atom. The van der Waals surface area contributed by atoms with Gasteiger partial charge in [-0.15, -0.1) is 0 Å². The molecule has 1 fully saturated rings. The number of likely N-dealkylation sites (tertiary alicyclic amines) is 1. The molecule has 1 aliphatic rings. The van der Waals surface area contributed by atoms with Crippen LogP contribution in [0.1, 0.15) is 18.9 Å². The Morgan fingerprint density at radius 1 is 1.41 bits per heavy atom. The van der Waals surface area contributed by atoms with Crippen LogP contribution in [0, 0.1) is 12.8 Å². The summed E-state index contributed by atoms with van der Waals surface area (Å²) in [6, 6.07) is 6.64. The van der Waals surface area contributed by atoms with Crippen LogP contribution in [0.15, 0.2) is 18.2 Å². The minimum absolute atomic E-state index is 0.562. The van der Waals surface area contributed by atoms with Gasteiger partial charge in [0.2, 0.25) is 0 Å². The first-order valence-corrected chi connectivity index (χ1v) is 6.37. The molecule has 17 heavy (non-hydrogen) atoms. The second-order valence-corrected chi connectivity index (χ2v) is 5.35. The van der Waals surface area contributed by atoms with Crippen LogP contribution in [-0.2, 0) is 0 Å². The first kappa shape index (κ1) is 12.2. The smallest absolute Gasteiger partial charge is 0.0392 e. The zero-order chi connectivity index (χ0) is 12.4. The monoisotopic (exact) mass is 233 g/mol. The Balaban J connectivity index is 2.07. The van der Waals surface area contributed by atoms with Gasteiger partial charge in [0.05, 0.1) is 0 Å². The predicted octanol–water partition coefficient (Wildman–Crippen LogP) is 2.33. The standard InChI is InChI=1S/C14H23N3/c1-10-4-5-12(15)8-14(10)16-13-6-7-17(3)9-11(13)2/h4-5,8,11,13,16H,6-7,9,15H2,1-3H3. The molecule has 94 valence electrons. The summed E-state index contributed by atoms with van der Waals surface area (Å²) in [5.74, 6) is 0.676. The van der Waals surface area contributed by atoms with Gasteiger partial charge in [-0.3, -0.25) is 0 Å². The largest absolute Gasteiger partial charge is 0.399 e. The van der Waals surface area contributed by atoms with Crippen LogP contribution in [-0.4, -0.2) is 31.1 Å². The topological polar surface area (TPSA) is 41.3 Å². The van der Waals surface area contributed by atoms with E-state index in [4.69, 9.17) is 5.73 Å². The molecule has 0 aliphatic carbocycles. The molecule has 2 rings (SSSR count). The lowest BCUT2D eigenvalue weighted by Crippen LogP contribution is -2.43. The molecule has 1 aromatic rings. The molecule has 1 aliphatic heterocycles. The van der Waals surface area contributed by atoms with Crippen LogP contribution in [0.5, 0.6) is 0 Å². The second kappa shape index (κ2) is 4.96. The Kier molecular flexibility index (Phi) is 3.57. The molecule has 2 unspecified atom stereocenters. The fraction of sp³-hybridized carbons (Fsp3) is 0.571. The number of hydrogen-bond acceptors (Lipinski definition) is 3. The van der Waals surface area contributed by atoms with Crippen molar-refractivity contribution < 1.29 is 0 Å². The average molecular weight is 233 g/mol. The van der Waals surface area contributed by atoms with Crippen molar-refractivity contribution in [3.63, 3.8) is 0 Å². The third kappa shape index (κ3) is 2.91. The molecule has 1 saturated heterocycles. The summed E-state index contributed by atoms with van der Waals surface area (Å²) < 4.78 is 0. The first-order valence-electron chi connectivity index (χ1n) is 6.37. The molecule has 0 saturated carbocycles. The van der Waals surface area contributed by atoms with Gasteiger partial charge in [-0.2, -0.15) is 0 Å². The van der Waals surface area contributed by atoms with Crippen molar-refractivity contribution in [2.45, 2.75) is 26.3 Å². The lowest BCUT2D eigenvalue weighted by Gasteiger charge is -2.36. The van der Waals surface area contributed by atoms with Gasteiger partial charge in [0.25, 0.3) is 0 Å². The van der Waals surface area contributed by atoms with E-state index in [0.717, 1.165) is 5.69 Å². The van der Waals surface area contributed by atoms with E-state index >= 15 is 0 Å². The number of aryl methyl sites for hydroxylation is 1. The van der Waals surface area contributed by atoms with Crippen molar-refractivity contribution in [3.8, 4) is 0 Å². The Hall–Kier alpha value is -1.22. The number of hydrogen-bond donors (Lipinski definition) is 2. The van der Waals surface area contributed by atoms with Crippen molar-refractivity contribution >= 4 is 11.4 Å². The fourth-order valence-electron chi connectivity index (χ4n) is 2.56. The first-order chi connectivity index (χ1) is 8.06. The van der Waals surface area contributed by atoms with Gasteiger partial charge in [0.15, 0.2) is 0 Å². The van der Waals surface area contributed by atoms with Crippen LogP contribution >= 0.6 is 0 Å². The average Bonchev–Trinajstić information content (AvgIpc) is 2.27. The Bertz CT molecular complexity index is 389. The SMILES string of the molecule is Cc1ccc(N)cc1NC1CCN(C)CC1C. The summed E-state index contributed by atoms with van der Waals surface area (Å²) in [6.07, 6.45) is 1.20. The molecule has 3 heteroatoms. The summed E-state index contributed by atoms with van der Waals surface area (Å²) in [6.45, 7) is 6.78. The van der Waals surface area contributed by atoms with Crippen molar-refractivity contribution in [1.29, 1.82) is 0 Å². The molecule has 3 nitrogen and oxygen atoms in total. The van der Waals surface area contributed by atoms with Crippen molar-refractivity contribution in [2.24, 2.45) is 5.92 Å². The van der Waals surface area contributed by atoms with E-state index in [1.807, 2.05) is 12.1 Å². The van der Waals surface area contributed by atoms with Crippen LogP contribution in [0.2, 0.25) is 0 Å². The predicted molar refractivity (Wildman–Crippen MR) is 74.3 cm³/mol. The van der Waals surface area contributed by atoms with E-state index in [2.05, 4.69) is 37.2 Å². The molecule has 0 aromatic heterocycles. The number of anilines is 2. The maximum Gasteiger partial charge on any atom is 0.0392 e. The molecule has 2 atom stereocenters. The highest BCUT2D eigenvalue weighted by Crippen LogP contribution is 2.24. The molecule has 0 spiro atoms. The summed E-state index contributed by atoms with van der Waals surface area (Å²) in [4.78, 5) is 2.40. The van der Waals surface area contributed by atoms with Gasteiger partial charge in [-0.05, 0) is 50.6 Å². The van der Waals surface area contributed by atoms with E-state index in [9.17, 15) is 0 Å². The Labute approximate surface area is 104 Å². The number of rotatable bonds is 2. The van der Waals surface area contributed by atoms with Crippen molar-refractivity contribution in [2.75, 3.05) is 31.2 Å². The second-order valence-electron chi connectivity index (χ2n) is 5.35. The van der Waals surface area contributed by atoms with E-state index < -0.39 is 0 Å². The number of piperidine rings is 1.